The summed E-state index contributed by atoms with van der Waals surface area (Å²) in [5, 5.41) is 0. The first-order chi connectivity index (χ1) is 8.88. The highest BCUT2D eigenvalue weighted by Crippen LogP contribution is 2.31. The van der Waals surface area contributed by atoms with Crippen LogP contribution in [0.3, 0.4) is 0 Å². The zero-order valence-corrected chi connectivity index (χ0v) is 12.2. The highest BCUT2D eigenvalue weighted by atomic mass is 35.5. The lowest BCUT2D eigenvalue weighted by molar-refractivity contribution is -0.137. The van der Waals surface area contributed by atoms with Gasteiger partial charge in [0.1, 0.15) is 0 Å². The van der Waals surface area contributed by atoms with Crippen molar-refractivity contribution in [2.24, 2.45) is 0 Å². The van der Waals surface area contributed by atoms with Gasteiger partial charge in [0.05, 0.1) is 18.3 Å². The van der Waals surface area contributed by atoms with E-state index < -0.39 is 11.7 Å². The van der Waals surface area contributed by atoms with Crippen molar-refractivity contribution in [2.45, 2.75) is 32.2 Å². The molecular formula is C14H19ClF3NO. The van der Waals surface area contributed by atoms with Crippen molar-refractivity contribution in [3.63, 3.8) is 0 Å². The molecule has 0 spiro atoms. The van der Waals surface area contributed by atoms with Crippen LogP contribution < -0.4 is 12.4 Å². The van der Waals surface area contributed by atoms with Crippen molar-refractivity contribution in [1.29, 1.82) is 0 Å². The van der Waals surface area contributed by atoms with Crippen molar-refractivity contribution in [1.82, 2.24) is 4.90 Å². The van der Waals surface area contributed by atoms with Crippen LogP contribution in [0.4, 0.5) is 13.2 Å². The Morgan fingerprint density at radius 1 is 1.25 bits per heavy atom. The summed E-state index contributed by atoms with van der Waals surface area (Å²) in [6.45, 7) is 6.42. The molecule has 1 heterocycles. The van der Waals surface area contributed by atoms with Crippen LogP contribution in [0.15, 0.2) is 24.3 Å². The molecule has 2 nitrogen and oxygen atoms in total. The Labute approximate surface area is 124 Å². The molecule has 1 unspecified atom stereocenters. The molecule has 1 aromatic carbocycles. The summed E-state index contributed by atoms with van der Waals surface area (Å²) < 4.78 is 43.1. The van der Waals surface area contributed by atoms with Gasteiger partial charge in [-0.3, -0.25) is 4.90 Å². The number of benzene rings is 1. The van der Waals surface area contributed by atoms with E-state index in [0.29, 0.717) is 12.6 Å². The van der Waals surface area contributed by atoms with Gasteiger partial charge in [0.2, 0.25) is 0 Å². The van der Waals surface area contributed by atoms with E-state index >= 15 is 0 Å². The average Bonchev–Trinajstić information content (AvgIpc) is 2.38. The Kier molecular flexibility index (Phi) is 5.86. The fourth-order valence-corrected chi connectivity index (χ4v) is 2.23. The number of hydrogen-bond acceptors (Lipinski definition) is 2. The van der Waals surface area contributed by atoms with Crippen LogP contribution in [-0.4, -0.2) is 30.6 Å². The molecule has 20 heavy (non-hydrogen) atoms. The molecular weight excluding hydrogens is 291 g/mol. The Hall–Kier alpha value is -0.780. The van der Waals surface area contributed by atoms with E-state index in [0.717, 1.165) is 30.8 Å². The Bertz CT molecular complexity index is 425. The molecule has 1 saturated heterocycles. The van der Waals surface area contributed by atoms with Gasteiger partial charge in [0.25, 0.3) is 0 Å². The molecule has 0 bridgehead atoms. The standard InChI is InChI=1S/C14H18F3NO.ClH/c1-10(2)18-7-8-19-13(9-18)11-3-5-12(6-4-11)14(15,16)17;/h3-6,10,13H,7-9H2,1-2H3;1H. The molecule has 0 radical (unpaired) electrons. The van der Waals surface area contributed by atoms with E-state index in [9.17, 15) is 13.2 Å². The van der Waals surface area contributed by atoms with Gasteiger partial charge in [-0.2, -0.15) is 13.2 Å². The number of nitrogens with zero attached hydrogens (tertiary/aromatic N) is 1. The van der Waals surface area contributed by atoms with Crippen LogP contribution >= 0.6 is 0 Å². The number of halogens is 4. The van der Waals surface area contributed by atoms with Gasteiger partial charge in [0.15, 0.2) is 0 Å². The van der Waals surface area contributed by atoms with E-state index in [4.69, 9.17) is 4.74 Å². The van der Waals surface area contributed by atoms with E-state index in [-0.39, 0.29) is 19.9 Å². The first-order valence-electron chi connectivity index (χ1n) is 6.40. The number of morpholine rings is 1. The smallest absolute Gasteiger partial charge is 1.00 e. The van der Waals surface area contributed by atoms with E-state index in [1.54, 1.807) is 0 Å². The predicted octanol–water partition coefficient (Wildman–Crippen LogP) is 0.604. The topological polar surface area (TPSA) is 12.5 Å². The van der Waals surface area contributed by atoms with Gasteiger partial charge in [-0.15, -0.1) is 0 Å². The normalized spacial score (nSPS) is 20.8. The summed E-state index contributed by atoms with van der Waals surface area (Å²) in [4.78, 5) is 2.27. The molecule has 0 aliphatic carbocycles. The van der Waals surface area contributed by atoms with Gasteiger partial charge >= 0.3 is 7.60 Å². The second-order valence-electron chi connectivity index (χ2n) is 5.07. The fraction of sp³-hybridized carbons (Fsp3) is 0.571. The van der Waals surface area contributed by atoms with Gasteiger partial charge in [-0.25, -0.2) is 0 Å². The number of rotatable bonds is 2. The summed E-state index contributed by atoms with van der Waals surface area (Å²) in [5.74, 6) is 0. The zero-order chi connectivity index (χ0) is 14.0. The maximum atomic E-state index is 12.5. The van der Waals surface area contributed by atoms with Gasteiger partial charge in [-0.1, -0.05) is 12.1 Å². The Balaban J connectivity index is 0.00000200. The van der Waals surface area contributed by atoms with Gasteiger partial charge < -0.3 is 17.1 Å². The van der Waals surface area contributed by atoms with Gasteiger partial charge in [-0.05, 0) is 31.5 Å². The molecule has 0 N–H and O–H groups in total. The largest absolute Gasteiger partial charge is 1.00 e. The molecule has 0 aromatic heterocycles. The minimum atomic E-state index is -4.28. The maximum Gasteiger partial charge on any atom is 1.00 e. The summed E-state index contributed by atoms with van der Waals surface area (Å²) in [5.41, 5.74) is 0.186. The third-order valence-corrected chi connectivity index (χ3v) is 3.44. The van der Waals surface area contributed by atoms with E-state index in [1.807, 2.05) is 0 Å². The first-order valence-corrected chi connectivity index (χ1v) is 6.40. The van der Waals surface area contributed by atoms with Crippen LogP contribution in [0.2, 0.25) is 0 Å². The molecule has 0 saturated carbocycles. The van der Waals surface area contributed by atoms with Crippen LogP contribution in [0.25, 0.3) is 0 Å². The molecule has 1 aliphatic rings. The summed E-state index contributed by atoms with van der Waals surface area (Å²) >= 11 is 0. The first kappa shape index (κ1) is 17.3. The van der Waals surface area contributed by atoms with Crippen LogP contribution in [-0.2, 0) is 10.9 Å². The number of ether oxygens (including phenoxy) is 1. The third-order valence-electron chi connectivity index (χ3n) is 3.44. The molecule has 1 fully saturated rings. The molecule has 2 rings (SSSR count). The lowest BCUT2D eigenvalue weighted by atomic mass is 10.0. The number of hydrogen-bond donors (Lipinski definition) is 0. The van der Waals surface area contributed by atoms with Crippen molar-refractivity contribution in [3.8, 4) is 0 Å². The molecule has 1 aromatic rings. The molecule has 6 heteroatoms. The average molecular weight is 310 g/mol. The molecule has 0 amide bonds. The highest BCUT2D eigenvalue weighted by Gasteiger charge is 2.31. The predicted molar refractivity (Wildman–Crippen MR) is 68.0 cm³/mol. The van der Waals surface area contributed by atoms with E-state index in [2.05, 4.69) is 18.7 Å². The quantitative estimate of drug-likeness (QED) is 0.793. The summed E-state index contributed by atoms with van der Waals surface area (Å²) in [6.07, 6.45) is -4.42. The molecule has 1 aliphatic heterocycles. The maximum absolute atomic E-state index is 12.5. The summed E-state index contributed by atoms with van der Waals surface area (Å²) in [7, 11) is 0. The minimum absolute atomic E-state index is 0. The Morgan fingerprint density at radius 3 is 2.35 bits per heavy atom. The monoisotopic (exact) mass is 309 g/mol. The third kappa shape index (κ3) is 4.11. The highest BCUT2D eigenvalue weighted by molar-refractivity contribution is 5.26. The van der Waals surface area contributed by atoms with Crippen molar-refractivity contribution >= 4 is 0 Å². The van der Waals surface area contributed by atoms with Gasteiger partial charge in [0, 0.05) is 19.1 Å². The summed E-state index contributed by atoms with van der Waals surface area (Å²) in [6, 6.07) is 5.68. The second kappa shape index (κ2) is 6.78. The van der Waals surface area contributed by atoms with Crippen molar-refractivity contribution in [3.05, 3.63) is 35.4 Å². The van der Waals surface area contributed by atoms with Crippen LogP contribution in [0.5, 0.6) is 0 Å². The SMILES string of the molecule is CC(C)N1CCOC(c2ccc(C(F)(F)F)cc2)C1.[Cl-].[H+]. The number of alkyl halides is 3. The fourth-order valence-electron chi connectivity index (χ4n) is 2.23. The second-order valence-corrected chi connectivity index (χ2v) is 5.07. The lowest BCUT2D eigenvalue weighted by Gasteiger charge is -2.35. The zero-order valence-electron chi connectivity index (χ0n) is 12.5. The van der Waals surface area contributed by atoms with Crippen LogP contribution in [0.1, 0.15) is 32.5 Å². The van der Waals surface area contributed by atoms with E-state index in [1.165, 1.54) is 12.1 Å². The Morgan fingerprint density at radius 2 is 1.85 bits per heavy atom. The lowest BCUT2D eigenvalue weighted by Crippen LogP contribution is -3.00. The van der Waals surface area contributed by atoms with Crippen molar-refractivity contribution in [2.75, 3.05) is 19.7 Å². The molecule has 1 atom stereocenters. The molecule has 114 valence electrons. The van der Waals surface area contributed by atoms with Crippen LogP contribution in [0, 0.1) is 0 Å². The minimum Gasteiger partial charge on any atom is -1.00 e. The van der Waals surface area contributed by atoms with Crippen molar-refractivity contribution < 1.29 is 31.7 Å².